The number of hydrogen-bond acceptors (Lipinski definition) is 4. The van der Waals surface area contributed by atoms with Gasteiger partial charge in [0, 0.05) is 32.7 Å². The molecule has 148 valence electrons. The van der Waals surface area contributed by atoms with Crippen LogP contribution in [0.1, 0.15) is 37.7 Å². The Labute approximate surface area is 177 Å². The summed E-state index contributed by atoms with van der Waals surface area (Å²) in [5, 5.41) is 4.08. The minimum Gasteiger partial charge on any atom is -0.465 e. The van der Waals surface area contributed by atoms with Gasteiger partial charge < -0.3 is 9.30 Å². The molecule has 0 spiro atoms. The van der Waals surface area contributed by atoms with Crippen LogP contribution in [0.4, 0.5) is 0 Å². The van der Waals surface area contributed by atoms with E-state index in [0.29, 0.717) is 11.1 Å². The molecule has 0 atom stereocenters. The third kappa shape index (κ3) is 4.63. The van der Waals surface area contributed by atoms with Gasteiger partial charge in [-0.2, -0.15) is 5.10 Å². The minimum absolute atomic E-state index is 0.284. The van der Waals surface area contributed by atoms with Crippen molar-refractivity contribution in [3.8, 4) is 5.69 Å². The van der Waals surface area contributed by atoms with Crippen LogP contribution >= 0.6 is 15.9 Å². The van der Waals surface area contributed by atoms with Crippen LogP contribution in [0.15, 0.2) is 64.2 Å². The van der Waals surface area contributed by atoms with E-state index in [2.05, 4.69) is 26.5 Å². The predicted molar refractivity (Wildman–Crippen MR) is 116 cm³/mol. The molecular weight excluding hydrogens is 434 g/mol. The first-order valence-electron chi connectivity index (χ1n) is 8.87. The Morgan fingerprint density at radius 2 is 1.79 bits per heavy atom. The standard InChI is InChI=1S/C22H20BrN3O3/c1-14-11-18(13-24-25-21(27)16-7-9-19(23)10-8-16)15(2)26(14)20-6-4-5-17(12-20)22(28)29-3/h4-13H,1-3H3,(H,25,27)/b24-13-. The topological polar surface area (TPSA) is 72.7 Å². The van der Waals surface area contributed by atoms with Crippen molar-refractivity contribution in [1.29, 1.82) is 0 Å². The van der Waals surface area contributed by atoms with Crippen molar-refractivity contribution in [2.24, 2.45) is 5.10 Å². The number of esters is 1. The molecule has 3 rings (SSSR count). The highest BCUT2D eigenvalue weighted by Gasteiger charge is 2.12. The molecule has 0 aliphatic carbocycles. The Morgan fingerprint density at radius 3 is 2.48 bits per heavy atom. The molecule has 1 N–H and O–H groups in total. The van der Waals surface area contributed by atoms with Crippen molar-refractivity contribution in [3.63, 3.8) is 0 Å². The predicted octanol–water partition coefficient (Wildman–Crippen LogP) is 4.41. The first-order valence-corrected chi connectivity index (χ1v) is 9.66. The third-order valence-electron chi connectivity index (χ3n) is 4.47. The van der Waals surface area contributed by atoms with E-state index >= 15 is 0 Å². The molecule has 7 heteroatoms. The van der Waals surface area contributed by atoms with Crippen molar-refractivity contribution in [2.75, 3.05) is 7.11 Å². The molecular formula is C22H20BrN3O3. The van der Waals surface area contributed by atoms with Crippen molar-refractivity contribution >= 4 is 34.0 Å². The number of ether oxygens (including phenoxy) is 1. The minimum atomic E-state index is -0.383. The lowest BCUT2D eigenvalue weighted by Gasteiger charge is -2.10. The van der Waals surface area contributed by atoms with E-state index in [0.717, 1.165) is 27.1 Å². The molecule has 0 unspecified atom stereocenters. The van der Waals surface area contributed by atoms with Crippen LogP contribution in [0.25, 0.3) is 5.69 Å². The largest absolute Gasteiger partial charge is 0.465 e. The van der Waals surface area contributed by atoms with Crippen LogP contribution in [0.3, 0.4) is 0 Å². The number of nitrogens with zero attached hydrogens (tertiary/aromatic N) is 2. The molecule has 1 heterocycles. The third-order valence-corrected chi connectivity index (χ3v) is 5.00. The highest BCUT2D eigenvalue weighted by Crippen LogP contribution is 2.21. The first-order chi connectivity index (χ1) is 13.9. The molecule has 2 aromatic carbocycles. The Kier molecular flexibility index (Phi) is 6.29. The van der Waals surface area contributed by atoms with Gasteiger partial charge in [0.25, 0.3) is 5.91 Å². The van der Waals surface area contributed by atoms with Gasteiger partial charge in [0.15, 0.2) is 0 Å². The van der Waals surface area contributed by atoms with E-state index in [1.807, 2.05) is 36.6 Å². The lowest BCUT2D eigenvalue weighted by molar-refractivity contribution is 0.0600. The molecule has 3 aromatic rings. The van der Waals surface area contributed by atoms with Gasteiger partial charge in [-0.1, -0.05) is 22.0 Å². The van der Waals surface area contributed by atoms with E-state index in [1.165, 1.54) is 7.11 Å². The number of aryl methyl sites for hydroxylation is 1. The normalized spacial score (nSPS) is 10.9. The summed E-state index contributed by atoms with van der Waals surface area (Å²) >= 11 is 3.34. The van der Waals surface area contributed by atoms with Crippen molar-refractivity contribution in [2.45, 2.75) is 13.8 Å². The summed E-state index contributed by atoms with van der Waals surface area (Å²) in [4.78, 5) is 24.0. The Bertz CT molecular complexity index is 1090. The van der Waals surface area contributed by atoms with Gasteiger partial charge >= 0.3 is 5.97 Å². The number of amides is 1. The number of carbonyl (C=O) groups is 2. The van der Waals surface area contributed by atoms with Gasteiger partial charge in [0.05, 0.1) is 18.9 Å². The maximum absolute atomic E-state index is 12.2. The maximum atomic E-state index is 12.2. The van der Waals surface area contributed by atoms with Crippen LogP contribution in [0.2, 0.25) is 0 Å². The molecule has 29 heavy (non-hydrogen) atoms. The van der Waals surface area contributed by atoms with Crippen LogP contribution < -0.4 is 5.43 Å². The second-order valence-corrected chi connectivity index (χ2v) is 7.33. The summed E-state index contributed by atoms with van der Waals surface area (Å²) in [5.41, 5.74) is 7.17. The molecule has 1 aromatic heterocycles. The zero-order valence-corrected chi connectivity index (χ0v) is 17.9. The average molecular weight is 454 g/mol. The fourth-order valence-electron chi connectivity index (χ4n) is 3.03. The summed E-state index contributed by atoms with van der Waals surface area (Å²) in [6.07, 6.45) is 1.61. The second kappa shape index (κ2) is 8.87. The van der Waals surface area contributed by atoms with E-state index < -0.39 is 0 Å². The number of carbonyl (C=O) groups excluding carboxylic acids is 2. The van der Waals surface area contributed by atoms with E-state index in [4.69, 9.17) is 4.74 Å². The van der Waals surface area contributed by atoms with Crippen molar-refractivity contribution < 1.29 is 14.3 Å². The average Bonchev–Trinajstić information content (AvgIpc) is 3.01. The summed E-state index contributed by atoms with van der Waals surface area (Å²) in [6.45, 7) is 3.92. The number of aromatic nitrogens is 1. The van der Waals surface area contributed by atoms with Crippen molar-refractivity contribution in [3.05, 3.63) is 87.1 Å². The van der Waals surface area contributed by atoms with E-state index in [9.17, 15) is 9.59 Å². The maximum Gasteiger partial charge on any atom is 0.337 e. The van der Waals surface area contributed by atoms with Gasteiger partial charge in [-0.3, -0.25) is 4.79 Å². The second-order valence-electron chi connectivity index (χ2n) is 6.41. The van der Waals surface area contributed by atoms with Gasteiger partial charge in [-0.15, -0.1) is 0 Å². The monoisotopic (exact) mass is 453 g/mol. The van der Waals surface area contributed by atoms with Gasteiger partial charge in [-0.05, 0) is 62.4 Å². The summed E-state index contributed by atoms with van der Waals surface area (Å²) in [6, 6.07) is 16.2. The molecule has 0 aliphatic rings. The zero-order chi connectivity index (χ0) is 21.0. The highest BCUT2D eigenvalue weighted by molar-refractivity contribution is 9.10. The smallest absolute Gasteiger partial charge is 0.337 e. The number of methoxy groups -OCH3 is 1. The number of hydrogen-bond donors (Lipinski definition) is 1. The lowest BCUT2D eigenvalue weighted by atomic mass is 10.2. The summed E-state index contributed by atoms with van der Waals surface area (Å²) in [7, 11) is 1.36. The zero-order valence-electron chi connectivity index (χ0n) is 16.3. The first kappa shape index (κ1) is 20.5. The number of rotatable bonds is 5. The quantitative estimate of drug-likeness (QED) is 0.353. The van der Waals surface area contributed by atoms with Gasteiger partial charge in [0.1, 0.15) is 0 Å². The van der Waals surface area contributed by atoms with Crippen LogP contribution in [0, 0.1) is 13.8 Å². The summed E-state index contributed by atoms with van der Waals surface area (Å²) < 4.78 is 7.72. The molecule has 1 amide bonds. The molecule has 0 saturated heterocycles. The fraction of sp³-hybridized carbons (Fsp3) is 0.136. The van der Waals surface area contributed by atoms with Gasteiger partial charge in [0.2, 0.25) is 0 Å². The Hall–Kier alpha value is -3.19. The number of halogens is 1. The molecule has 6 nitrogen and oxygen atoms in total. The number of nitrogens with one attached hydrogen (secondary N) is 1. The molecule has 0 saturated carbocycles. The molecule has 0 aliphatic heterocycles. The Morgan fingerprint density at radius 1 is 1.07 bits per heavy atom. The molecule has 0 radical (unpaired) electrons. The Balaban J connectivity index is 1.81. The van der Waals surface area contributed by atoms with E-state index in [1.54, 1.807) is 42.6 Å². The SMILES string of the molecule is COC(=O)c1cccc(-n2c(C)cc(/C=N\NC(=O)c3ccc(Br)cc3)c2C)c1. The molecule has 0 fully saturated rings. The van der Waals surface area contributed by atoms with Crippen LogP contribution in [-0.4, -0.2) is 29.8 Å². The van der Waals surface area contributed by atoms with Gasteiger partial charge in [-0.25, -0.2) is 10.2 Å². The number of hydrazone groups is 1. The summed E-state index contributed by atoms with van der Waals surface area (Å²) in [5.74, 6) is -0.667. The lowest BCUT2D eigenvalue weighted by Crippen LogP contribution is -2.17. The van der Waals surface area contributed by atoms with Crippen LogP contribution in [0.5, 0.6) is 0 Å². The van der Waals surface area contributed by atoms with Crippen LogP contribution in [-0.2, 0) is 4.74 Å². The van der Waals surface area contributed by atoms with Crippen molar-refractivity contribution in [1.82, 2.24) is 9.99 Å². The molecule has 0 bridgehead atoms. The fourth-order valence-corrected chi connectivity index (χ4v) is 3.30. The van der Waals surface area contributed by atoms with E-state index in [-0.39, 0.29) is 11.9 Å². The highest BCUT2D eigenvalue weighted by atomic mass is 79.9. The number of benzene rings is 2.